The maximum Gasteiger partial charge on any atom is 1.00 e. The van der Waals surface area contributed by atoms with Crippen molar-refractivity contribution in [3.05, 3.63) is 41.4 Å². The summed E-state index contributed by atoms with van der Waals surface area (Å²) in [7, 11) is 0. The van der Waals surface area contributed by atoms with Crippen molar-refractivity contribution in [2.24, 2.45) is 0 Å². The van der Waals surface area contributed by atoms with Crippen molar-refractivity contribution < 1.29 is 69.1 Å². The summed E-state index contributed by atoms with van der Waals surface area (Å²) in [4.78, 5) is 0. The van der Waals surface area contributed by atoms with Crippen LogP contribution in [0.3, 0.4) is 0 Å². The Bertz CT molecular complexity index is 478. The molecular weight excluding hydrogens is 291 g/mol. The van der Waals surface area contributed by atoms with E-state index in [1.807, 2.05) is 39.8 Å². The molecular formula is C14H19BF3KO. The number of halogens is 3. The van der Waals surface area contributed by atoms with Gasteiger partial charge in [0.1, 0.15) is 5.75 Å². The first-order valence-corrected chi connectivity index (χ1v) is 6.13. The molecule has 0 aliphatic heterocycles. The summed E-state index contributed by atoms with van der Waals surface area (Å²) in [5, 5.41) is 0. The third-order valence-electron chi connectivity index (χ3n) is 2.82. The third kappa shape index (κ3) is 5.94. The van der Waals surface area contributed by atoms with Crippen LogP contribution in [0.15, 0.2) is 30.3 Å². The average molecular weight is 310 g/mol. The van der Waals surface area contributed by atoms with Crippen LogP contribution in [-0.2, 0) is 5.41 Å². The molecule has 0 heterocycles. The Kier molecular flexibility index (Phi) is 7.59. The molecule has 0 fully saturated rings. The Hall–Kier alpha value is 0.251. The fourth-order valence-electron chi connectivity index (χ4n) is 1.62. The van der Waals surface area contributed by atoms with E-state index in [1.165, 1.54) is 0 Å². The van der Waals surface area contributed by atoms with Gasteiger partial charge in [-0.1, -0.05) is 38.5 Å². The number of benzene rings is 1. The monoisotopic (exact) mass is 310 g/mol. The molecule has 0 saturated carbocycles. The zero-order valence-corrected chi connectivity index (χ0v) is 15.9. The second-order valence-corrected chi connectivity index (χ2v) is 5.77. The molecule has 0 spiro atoms. The van der Waals surface area contributed by atoms with Crippen molar-refractivity contribution in [2.75, 3.05) is 6.61 Å². The standard InChI is InChI=1S/C14H19BF3O.K/c1-10-6-7-13(12(8-10)14(3,4)5)19-9-11(2)15(16,17)18;/h6-8H,2,9H2,1,3-5H3;/q-1;+1. The Morgan fingerprint density at radius 1 is 1.25 bits per heavy atom. The molecule has 0 amide bonds. The van der Waals surface area contributed by atoms with Gasteiger partial charge in [-0.25, -0.2) is 0 Å². The van der Waals surface area contributed by atoms with E-state index >= 15 is 0 Å². The summed E-state index contributed by atoms with van der Waals surface area (Å²) >= 11 is 0. The second-order valence-electron chi connectivity index (χ2n) is 5.77. The van der Waals surface area contributed by atoms with Crippen LogP contribution in [0.25, 0.3) is 0 Å². The summed E-state index contributed by atoms with van der Waals surface area (Å²) in [6.45, 7) is 5.40. The molecule has 1 rings (SSSR count). The van der Waals surface area contributed by atoms with Crippen molar-refractivity contribution in [3.63, 3.8) is 0 Å². The molecule has 1 nitrogen and oxygen atoms in total. The molecule has 1 aromatic rings. The topological polar surface area (TPSA) is 9.23 Å². The number of hydrogen-bond acceptors (Lipinski definition) is 1. The minimum atomic E-state index is -5.04. The Labute approximate surface area is 161 Å². The molecule has 0 saturated heterocycles. The van der Waals surface area contributed by atoms with Crippen molar-refractivity contribution in [1.82, 2.24) is 0 Å². The third-order valence-corrected chi connectivity index (χ3v) is 2.82. The van der Waals surface area contributed by atoms with Crippen molar-refractivity contribution in [1.29, 1.82) is 0 Å². The van der Waals surface area contributed by atoms with Gasteiger partial charge in [0.25, 0.3) is 0 Å². The molecule has 0 N–H and O–H groups in total. The predicted octanol–water partition coefficient (Wildman–Crippen LogP) is 1.62. The maximum atomic E-state index is 12.4. The Morgan fingerprint density at radius 2 is 1.80 bits per heavy atom. The average Bonchev–Trinajstić information content (AvgIpc) is 2.24. The van der Waals surface area contributed by atoms with Crippen LogP contribution in [0.1, 0.15) is 31.9 Å². The molecule has 0 aliphatic carbocycles. The summed E-state index contributed by atoms with van der Waals surface area (Å²) in [5.74, 6) is 0.485. The summed E-state index contributed by atoms with van der Waals surface area (Å²) in [6.07, 6.45) is 0. The van der Waals surface area contributed by atoms with Gasteiger partial charge < -0.3 is 17.7 Å². The van der Waals surface area contributed by atoms with Gasteiger partial charge in [0, 0.05) is 0 Å². The first-order valence-electron chi connectivity index (χ1n) is 6.13. The zero-order valence-electron chi connectivity index (χ0n) is 12.8. The van der Waals surface area contributed by atoms with Crippen molar-refractivity contribution in [3.8, 4) is 5.75 Å². The molecule has 0 aliphatic rings. The molecule has 106 valence electrons. The molecule has 1 aromatic carbocycles. The van der Waals surface area contributed by atoms with Crippen LogP contribution in [-0.4, -0.2) is 13.6 Å². The van der Waals surface area contributed by atoms with E-state index < -0.39 is 19.1 Å². The SMILES string of the molecule is C=C(COc1ccc(C)cc1C(C)(C)C)[B-](F)(F)F.[K+]. The zero-order chi connectivity index (χ0) is 14.8. The van der Waals surface area contributed by atoms with Crippen molar-refractivity contribution >= 4 is 6.98 Å². The Balaban J connectivity index is 0.00000361. The van der Waals surface area contributed by atoms with Crippen LogP contribution in [0.5, 0.6) is 5.75 Å². The van der Waals surface area contributed by atoms with Crippen LogP contribution >= 0.6 is 0 Å². The van der Waals surface area contributed by atoms with Gasteiger partial charge in [-0.3, -0.25) is 0 Å². The summed E-state index contributed by atoms with van der Waals surface area (Å²) in [5.41, 5.74) is 0.943. The quantitative estimate of drug-likeness (QED) is 0.768. The first kappa shape index (κ1) is 20.3. The molecule has 0 bridgehead atoms. The number of rotatable bonds is 4. The second kappa shape index (κ2) is 7.49. The van der Waals surface area contributed by atoms with Crippen LogP contribution < -0.4 is 56.1 Å². The van der Waals surface area contributed by atoms with Gasteiger partial charge >= 0.3 is 58.4 Å². The minimum absolute atomic E-state index is 0. The minimum Gasteiger partial charge on any atom is -0.492 e. The number of hydrogen-bond donors (Lipinski definition) is 0. The van der Waals surface area contributed by atoms with Gasteiger partial charge in [-0.2, -0.15) is 0 Å². The fraction of sp³-hybridized carbons (Fsp3) is 0.429. The Morgan fingerprint density at radius 3 is 2.25 bits per heavy atom. The van der Waals surface area contributed by atoms with Crippen LogP contribution in [0, 0.1) is 6.92 Å². The predicted molar refractivity (Wildman–Crippen MR) is 73.6 cm³/mol. The van der Waals surface area contributed by atoms with E-state index in [1.54, 1.807) is 6.07 Å². The normalized spacial score (nSPS) is 11.8. The van der Waals surface area contributed by atoms with Crippen LogP contribution in [0.4, 0.5) is 12.9 Å². The smallest absolute Gasteiger partial charge is 0.492 e. The number of aryl methyl sites for hydroxylation is 1. The molecule has 6 heteroatoms. The van der Waals surface area contributed by atoms with E-state index in [-0.39, 0.29) is 56.8 Å². The molecule has 0 radical (unpaired) electrons. The molecule has 0 atom stereocenters. The van der Waals surface area contributed by atoms with E-state index in [0.717, 1.165) is 11.1 Å². The van der Waals surface area contributed by atoms with E-state index in [9.17, 15) is 12.9 Å². The van der Waals surface area contributed by atoms with E-state index in [2.05, 4.69) is 6.58 Å². The van der Waals surface area contributed by atoms with E-state index in [4.69, 9.17) is 4.74 Å². The first-order chi connectivity index (χ1) is 8.51. The van der Waals surface area contributed by atoms with Gasteiger partial charge in [0.2, 0.25) is 0 Å². The number of ether oxygens (including phenoxy) is 1. The molecule has 0 unspecified atom stereocenters. The van der Waals surface area contributed by atoms with E-state index in [0.29, 0.717) is 5.75 Å². The van der Waals surface area contributed by atoms with Crippen LogP contribution in [0.2, 0.25) is 0 Å². The fourth-order valence-corrected chi connectivity index (χ4v) is 1.62. The largest absolute Gasteiger partial charge is 1.00 e. The van der Waals surface area contributed by atoms with Gasteiger partial charge in [0.05, 0.1) is 6.61 Å². The summed E-state index contributed by atoms with van der Waals surface area (Å²) < 4.78 is 42.6. The summed E-state index contributed by atoms with van der Waals surface area (Å²) in [6, 6.07) is 5.48. The van der Waals surface area contributed by atoms with Gasteiger partial charge in [-0.15, -0.1) is 12.1 Å². The molecule has 0 aromatic heterocycles. The van der Waals surface area contributed by atoms with Gasteiger partial charge in [0.15, 0.2) is 0 Å². The van der Waals surface area contributed by atoms with Gasteiger partial charge in [-0.05, 0) is 24.0 Å². The maximum absolute atomic E-state index is 12.4. The van der Waals surface area contributed by atoms with Crippen molar-refractivity contribution in [2.45, 2.75) is 33.1 Å². The molecule has 20 heavy (non-hydrogen) atoms.